The predicted molar refractivity (Wildman–Crippen MR) is 214 cm³/mol. The number of allylic oxidation sites excluding steroid dienone is 1. The van der Waals surface area contributed by atoms with Crippen LogP contribution in [0.1, 0.15) is 17.3 Å². The second kappa shape index (κ2) is 10.6. The summed E-state index contributed by atoms with van der Waals surface area (Å²) in [5.74, 6) is 0.920. The number of aliphatic imine (C=N–C) groups is 1. The van der Waals surface area contributed by atoms with Crippen molar-refractivity contribution in [1.29, 1.82) is 0 Å². The molecule has 11 rings (SSSR count). The molecule has 0 bridgehead atoms. The maximum atomic E-state index is 5.53. The van der Waals surface area contributed by atoms with E-state index in [0.717, 1.165) is 28.2 Å². The van der Waals surface area contributed by atoms with E-state index in [9.17, 15) is 0 Å². The second-order valence-corrected chi connectivity index (χ2v) is 14.1. The minimum Gasteiger partial charge on any atom is -0.359 e. The first kappa shape index (κ1) is 27.7. The Kier molecular flexibility index (Phi) is 5.89. The van der Waals surface area contributed by atoms with Gasteiger partial charge in [-0.2, -0.15) is 0 Å². The summed E-state index contributed by atoms with van der Waals surface area (Å²) in [6.07, 6.45) is 1.99. The van der Waals surface area contributed by atoms with Crippen LogP contribution < -0.4 is 5.32 Å². The van der Waals surface area contributed by atoms with E-state index >= 15 is 0 Å². The van der Waals surface area contributed by atoms with Crippen LogP contribution in [0.25, 0.3) is 80.0 Å². The minimum absolute atomic E-state index is 0.248. The van der Waals surface area contributed by atoms with Gasteiger partial charge in [0, 0.05) is 53.5 Å². The molecule has 0 saturated heterocycles. The fourth-order valence-corrected chi connectivity index (χ4v) is 9.65. The molecule has 3 nitrogen and oxygen atoms in total. The van der Waals surface area contributed by atoms with Crippen LogP contribution >= 0.6 is 11.3 Å². The smallest absolute Gasteiger partial charge is 0.147 e. The largest absolute Gasteiger partial charge is 0.359 e. The van der Waals surface area contributed by atoms with Gasteiger partial charge in [-0.1, -0.05) is 152 Å². The van der Waals surface area contributed by atoms with Crippen molar-refractivity contribution in [1.82, 2.24) is 9.88 Å². The standard InChI is InChI=1S/C46H29N3S/c1-3-15-28(16-4-1)37-27-39(48-46(47-37)29-17-5-2-6-18-29)49-38-26-14-13-25-36(38)40-33-22-10-12-24-35(33)45-42(43(40)49)41-32-21-9-7-19-30(32)31-20-8-11-23-34(31)44(41)50-45/h1-27,46-47H. The maximum Gasteiger partial charge on any atom is 0.147 e. The summed E-state index contributed by atoms with van der Waals surface area (Å²) in [4.78, 5) is 5.53. The Morgan fingerprint density at radius 2 is 1.00 bits per heavy atom. The van der Waals surface area contributed by atoms with Crippen molar-refractivity contribution in [2.45, 2.75) is 6.17 Å². The molecule has 1 unspecified atom stereocenters. The zero-order valence-corrected chi connectivity index (χ0v) is 27.8. The number of fused-ring (bicyclic) bond motifs is 15. The molecule has 8 aromatic carbocycles. The molecule has 1 aliphatic rings. The molecule has 0 spiro atoms. The van der Waals surface area contributed by atoms with Gasteiger partial charge >= 0.3 is 0 Å². The first-order valence-electron chi connectivity index (χ1n) is 17.1. The second-order valence-electron chi connectivity index (χ2n) is 13.1. The third-order valence-electron chi connectivity index (χ3n) is 10.4. The van der Waals surface area contributed by atoms with Gasteiger partial charge in [0.15, 0.2) is 0 Å². The average molecular weight is 656 g/mol. The minimum atomic E-state index is -0.248. The highest BCUT2D eigenvalue weighted by atomic mass is 32.1. The Hall–Kier alpha value is -6.23. The highest BCUT2D eigenvalue weighted by Crippen LogP contribution is 2.51. The van der Waals surface area contributed by atoms with E-state index in [0.29, 0.717) is 0 Å². The van der Waals surface area contributed by atoms with E-state index in [1.165, 1.54) is 68.8 Å². The van der Waals surface area contributed by atoms with Gasteiger partial charge in [0.05, 0.1) is 11.0 Å². The van der Waals surface area contributed by atoms with E-state index in [4.69, 9.17) is 4.99 Å². The normalized spacial score (nSPS) is 15.0. The monoisotopic (exact) mass is 655 g/mol. The Morgan fingerprint density at radius 3 is 1.72 bits per heavy atom. The lowest BCUT2D eigenvalue weighted by Crippen LogP contribution is -2.27. The van der Waals surface area contributed by atoms with Crippen LogP contribution in [0, 0.1) is 0 Å². The molecule has 50 heavy (non-hydrogen) atoms. The zero-order valence-electron chi connectivity index (χ0n) is 27.0. The lowest BCUT2D eigenvalue weighted by Gasteiger charge is -2.25. The summed E-state index contributed by atoms with van der Waals surface area (Å²) in [7, 11) is 0. The van der Waals surface area contributed by atoms with Gasteiger partial charge < -0.3 is 5.32 Å². The molecule has 1 aliphatic heterocycles. The van der Waals surface area contributed by atoms with Crippen molar-refractivity contribution in [3.8, 4) is 0 Å². The molecule has 0 fully saturated rings. The van der Waals surface area contributed by atoms with Gasteiger partial charge in [0.25, 0.3) is 0 Å². The number of aromatic nitrogens is 1. The van der Waals surface area contributed by atoms with Gasteiger partial charge in [-0.05, 0) is 38.7 Å². The van der Waals surface area contributed by atoms with Crippen LogP contribution in [0.4, 0.5) is 0 Å². The molecule has 234 valence electrons. The third-order valence-corrected chi connectivity index (χ3v) is 11.6. The molecule has 2 aromatic heterocycles. The Bertz CT molecular complexity index is 3060. The topological polar surface area (TPSA) is 29.3 Å². The lowest BCUT2D eigenvalue weighted by molar-refractivity contribution is 0.660. The molecule has 4 heteroatoms. The van der Waals surface area contributed by atoms with Crippen LogP contribution in [-0.4, -0.2) is 10.4 Å². The van der Waals surface area contributed by atoms with E-state index in [-0.39, 0.29) is 6.17 Å². The molecule has 0 saturated carbocycles. The van der Waals surface area contributed by atoms with Crippen LogP contribution in [0.2, 0.25) is 0 Å². The maximum absolute atomic E-state index is 5.53. The zero-order chi connectivity index (χ0) is 32.8. The van der Waals surface area contributed by atoms with Crippen LogP contribution in [0.5, 0.6) is 0 Å². The van der Waals surface area contributed by atoms with Gasteiger partial charge in [-0.3, -0.25) is 4.57 Å². The highest BCUT2D eigenvalue weighted by Gasteiger charge is 2.27. The Morgan fingerprint density at radius 1 is 0.480 bits per heavy atom. The summed E-state index contributed by atoms with van der Waals surface area (Å²) < 4.78 is 5.10. The van der Waals surface area contributed by atoms with Crippen molar-refractivity contribution in [2.24, 2.45) is 4.99 Å². The first-order chi connectivity index (χ1) is 24.8. The van der Waals surface area contributed by atoms with E-state index in [2.05, 4.69) is 174 Å². The fraction of sp³-hybridized carbons (Fsp3) is 0.0217. The average Bonchev–Trinajstić information content (AvgIpc) is 3.76. The number of benzene rings is 8. The number of nitrogens with one attached hydrogen (secondary N) is 1. The first-order valence-corrected chi connectivity index (χ1v) is 17.9. The Balaban J connectivity index is 1.38. The molecule has 0 radical (unpaired) electrons. The van der Waals surface area contributed by atoms with Crippen molar-refractivity contribution in [3.05, 3.63) is 175 Å². The summed E-state index contributed by atoms with van der Waals surface area (Å²) in [5, 5.41) is 16.6. The number of hydrogen-bond acceptors (Lipinski definition) is 3. The van der Waals surface area contributed by atoms with E-state index < -0.39 is 0 Å². The fourth-order valence-electron chi connectivity index (χ4n) is 8.25. The SMILES string of the molecule is C1=C(c2ccccc2)NC(c2ccccc2)N=C1n1c2ccccc2c2c3ccccc3c3sc4c5ccccc5c5ccccc5c4c3c21. The molecule has 0 amide bonds. The predicted octanol–water partition coefficient (Wildman–Crippen LogP) is 12.2. The van der Waals surface area contributed by atoms with Crippen LogP contribution in [-0.2, 0) is 0 Å². The number of nitrogens with zero attached hydrogens (tertiary/aromatic N) is 2. The van der Waals surface area contributed by atoms with Gasteiger partial charge in [-0.25, -0.2) is 4.99 Å². The highest BCUT2D eigenvalue weighted by molar-refractivity contribution is 7.28. The van der Waals surface area contributed by atoms with Crippen molar-refractivity contribution >= 4 is 97.2 Å². The summed E-state index contributed by atoms with van der Waals surface area (Å²) in [5.41, 5.74) is 5.68. The van der Waals surface area contributed by atoms with Crippen LogP contribution in [0.15, 0.2) is 169 Å². The van der Waals surface area contributed by atoms with Crippen molar-refractivity contribution in [3.63, 3.8) is 0 Å². The summed E-state index contributed by atoms with van der Waals surface area (Å²) in [6.45, 7) is 0. The lowest BCUT2D eigenvalue weighted by atomic mass is 9.94. The van der Waals surface area contributed by atoms with Gasteiger partial charge in [0.2, 0.25) is 0 Å². The number of rotatable bonds is 2. The quantitative estimate of drug-likeness (QED) is 0.185. The molecule has 0 aliphatic carbocycles. The Labute approximate surface area is 292 Å². The molecular formula is C46H29N3S. The number of thiophene rings is 1. The summed E-state index contributed by atoms with van der Waals surface area (Å²) in [6, 6.07) is 56.9. The molecule has 10 aromatic rings. The molecule has 1 atom stereocenters. The number of hydrogen-bond donors (Lipinski definition) is 1. The van der Waals surface area contributed by atoms with E-state index in [1.54, 1.807) is 0 Å². The number of para-hydroxylation sites is 1. The molecular weight excluding hydrogens is 627 g/mol. The summed E-state index contributed by atoms with van der Waals surface area (Å²) >= 11 is 1.93. The third kappa shape index (κ3) is 3.88. The molecule has 1 N–H and O–H groups in total. The van der Waals surface area contributed by atoms with Gasteiger partial charge in [0.1, 0.15) is 12.0 Å². The van der Waals surface area contributed by atoms with Crippen molar-refractivity contribution in [2.75, 3.05) is 0 Å². The van der Waals surface area contributed by atoms with Gasteiger partial charge in [-0.15, -0.1) is 11.3 Å². The van der Waals surface area contributed by atoms with E-state index in [1.807, 2.05) is 11.3 Å². The van der Waals surface area contributed by atoms with Crippen LogP contribution in [0.3, 0.4) is 0 Å². The van der Waals surface area contributed by atoms with Crippen molar-refractivity contribution < 1.29 is 0 Å². The molecule has 3 heterocycles.